The Balaban J connectivity index is 2.39. The lowest BCUT2D eigenvalue weighted by Crippen LogP contribution is -2.29. The van der Waals surface area contributed by atoms with Gasteiger partial charge in [-0.25, -0.2) is 8.42 Å². The second kappa shape index (κ2) is 4.35. The molecule has 0 bridgehead atoms. The molecule has 1 saturated carbocycles. The van der Waals surface area contributed by atoms with E-state index in [9.17, 15) is 13.5 Å². The van der Waals surface area contributed by atoms with Crippen molar-refractivity contribution in [2.45, 2.75) is 35.5 Å². The van der Waals surface area contributed by atoms with E-state index in [0.717, 1.165) is 6.42 Å². The average Bonchev–Trinajstić information content (AvgIpc) is 2.65. The number of halogens is 1. The van der Waals surface area contributed by atoms with Gasteiger partial charge in [-0.15, -0.1) is 0 Å². The Morgan fingerprint density at radius 3 is 2.62 bits per heavy atom. The molecule has 5 heteroatoms. The van der Waals surface area contributed by atoms with Crippen LogP contribution in [-0.2, 0) is 9.84 Å². The Hall–Kier alpha value is -0.580. The zero-order valence-corrected chi connectivity index (χ0v) is 10.2. The highest BCUT2D eigenvalue weighted by molar-refractivity contribution is 7.92. The van der Waals surface area contributed by atoms with Crippen molar-refractivity contribution >= 4 is 21.4 Å². The fourth-order valence-corrected chi connectivity index (χ4v) is 4.28. The first-order valence-corrected chi connectivity index (χ1v) is 7.12. The van der Waals surface area contributed by atoms with Gasteiger partial charge in [0.25, 0.3) is 0 Å². The van der Waals surface area contributed by atoms with E-state index in [0.29, 0.717) is 17.9 Å². The first-order valence-electron chi connectivity index (χ1n) is 5.19. The summed E-state index contributed by atoms with van der Waals surface area (Å²) < 4.78 is 24.4. The molecule has 16 heavy (non-hydrogen) atoms. The summed E-state index contributed by atoms with van der Waals surface area (Å²) in [7, 11) is -3.44. The number of sulfone groups is 1. The molecule has 1 aliphatic carbocycles. The third-order valence-corrected chi connectivity index (χ3v) is 5.43. The maximum Gasteiger partial charge on any atom is 0.183 e. The van der Waals surface area contributed by atoms with Crippen LogP contribution in [0.1, 0.15) is 19.3 Å². The van der Waals surface area contributed by atoms with Gasteiger partial charge in [-0.3, -0.25) is 0 Å². The van der Waals surface area contributed by atoms with Gasteiger partial charge >= 0.3 is 0 Å². The lowest BCUT2D eigenvalue weighted by Gasteiger charge is -2.15. The van der Waals surface area contributed by atoms with E-state index in [4.69, 9.17) is 11.6 Å². The standard InChI is InChI=1S/C11H13ClO3S/c12-8-3-1-4-9(7-8)16(14,15)11-6-2-5-10(11)13/h1,3-4,7,10-11,13H,2,5-6H2. The predicted molar refractivity (Wildman–Crippen MR) is 62.3 cm³/mol. The van der Waals surface area contributed by atoms with Crippen molar-refractivity contribution in [1.29, 1.82) is 0 Å². The van der Waals surface area contributed by atoms with Gasteiger partial charge in [-0.1, -0.05) is 17.7 Å². The van der Waals surface area contributed by atoms with Gasteiger partial charge in [-0.2, -0.15) is 0 Å². The molecule has 3 nitrogen and oxygen atoms in total. The highest BCUT2D eigenvalue weighted by atomic mass is 35.5. The van der Waals surface area contributed by atoms with Crippen LogP contribution in [0.4, 0.5) is 0 Å². The van der Waals surface area contributed by atoms with Crippen LogP contribution in [0.3, 0.4) is 0 Å². The summed E-state index contributed by atoms with van der Waals surface area (Å²) in [6.45, 7) is 0. The number of rotatable bonds is 2. The molecule has 0 aliphatic heterocycles. The molecule has 0 aromatic heterocycles. The summed E-state index contributed by atoms with van der Waals surface area (Å²) in [5.41, 5.74) is 0. The summed E-state index contributed by atoms with van der Waals surface area (Å²) in [6, 6.07) is 6.19. The fraction of sp³-hybridized carbons (Fsp3) is 0.455. The Morgan fingerprint density at radius 2 is 2.06 bits per heavy atom. The van der Waals surface area contributed by atoms with Gasteiger partial charge < -0.3 is 5.11 Å². The maximum atomic E-state index is 12.2. The summed E-state index contributed by atoms with van der Waals surface area (Å²) in [4.78, 5) is 0.200. The van der Waals surface area contributed by atoms with Gasteiger partial charge in [0.05, 0.1) is 16.2 Å². The first kappa shape index (κ1) is 11.9. The van der Waals surface area contributed by atoms with Crippen LogP contribution in [-0.4, -0.2) is 24.9 Å². The van der Waals surface area contributed by atoms with E-state index in [2.05, 4.69) is 0 Å². The Bertz CT molecular complexity index is 484. The quantitative estimate of drug-likeness (QED) is 0.885. The summed E-state index contributed by atoms with van der Waals surface area (Å²) in [5.74, 6) is 0. The molecule has 0 spiro atoms. The molecule has 1 aliphatic rings. The molecule has 0 saturated heterocycles. The topological polar surface area (TPSA) is 54.4 Å². The summed E-state index contributed by atoms with van der Waals surface area (Å²) >= 11 is 5.77. The van der Waals surface area contributed by atoms with Crippen LogP contribution >= 0.6 is 11.6 Å². The monoisotopic (exact) mass is 260 g/mol. The lowest BCUT2D eigenvalue weighted by molar-refractivity contribution is 0.185. The van der Waals surface area contributed by atoms with Crippen LogP contribution in [0.15, 0.2) is 29.2 Å². The van der Waals surface area contributed by atoms with Gasteiger partial charge in [0.15, 0.2) is 9.84 Å². The Kier molecular flexibility index (Phi) is 3.24. The lowest BCUT2D eigenvalue weighted by atomic mass is 10.3. The van der Waals surface area contributed by atoms with Crippen molar-refractivity contribution in [1.82, 2.24) is 0 Å². The molecule has 88 valence electrons. The van der Waals surface area contributed by atoms with Crippen molar-refractivity contribution < 1.29 is 13.5 Å². The van der Waals surface area contributed by atoms with Gasteiger partial charge in [-0.05, 0) is 37.5 Å². The van der Waals surface area contributed by atoms with Gasteiger partial charge in [0, 0.05) is 5.02 Å². The Morgan fingerprint density at radius 1 is 1.31 bits per heavy atom. The second-order valence-electron chi connectivity index (χ2n) is 4.04. The average molecular weight is 261 g/mol. The zero-order valence-electron chi connectivity index (χ0n) is 8.64. The molecular formula is C11H13ClO3S. The second-order valence-corrected chi connectivity index (χ2v) is 6.64. The SMILES string of the molecule is O=S(=O)(c1cccc(Cl)c1)C1CCCC1O. The molecule has 1 aromatic rings. The normalized spacial score (nSPS) is 25.9. The molecule has 2 rings (SSSR count). The largest absolute Gasteiger partial charge is 0.392 e. The van der Waals surface area contributed by atoms with Crippen molar-refractivity contribution in [2.24, 2.45) is 0 Å². The fourth-order valence-electron chi connectivity index (χ4n) is 2.09. The number of hydrogen-bond donors (Lipinski definition) is 1. The minimum atomic E-state index is -3.44. The predicted octanol–water partition coefficient (Wildman–Crippen LogP) is 2.03. The molecule has 0 amide bonds. The van der Waals surface area contributed by atoms with Crippen LogP contribution in [0.25, 0.3) is 0 Å². The maximum absolute atomic E-state index is 12.2. The van der Waals surface area contributed by atoms with E-state index in [-0.39, 0.29) is 4.90 Å². The van der Waals surface area contributed by atoms with Crippen LogP contribution in [0, 0.1) is 0 Å². The molecule has 2 unspecified atom stereocenters. The number of aliphatic hydroxyl groups is 1. The number of aliphatic hydroxyl groups excluding tert-OH is 1. The smallest absolute Gasteiger partial charge is 0.183 e. The van der Waals surface area contributed by atoms with Crippen molar-refractivity contribution in [3.63, 3.8) is 0 Å². The minimum Gasteiger partial charge on any atom is -0.392 e. The third kappa shape index (κ3) is 2.10. The van der Waals surface area contributed by atoms with E-state index < -0.39 is 21.2 Å². The van der Waals surface area contributed by atoms with Gasteiger partial charge in [0.1, 0.15) is 0 Å². The zero-order chi connectivity index (χ0) is 11.8. The number of hydrogen-bond acceptors (Lipinski definition) is 3. The Labute approximate surface area is 100.0 Å². The highest BCUT2D eigenvalue weighted by Crippen LogP contribution is 2.30. The van der Waals surface area contributed by atoms with Crippen LogP contribution in [0.5, 0.6) is 0 Å². The first-order chi connectivity index (χ1) is 7.51. The number of benzene rings is 1. The van der Waals surface area contributed by atoms with E-state index in [1.165, 1.54) is 12.1 Å². The summed E-state index contributed by atoms with van der Waals surface area (Å²) in [6.07, 6.45) is 1.09. The van der Waals surface area contributed by atoms with E-state index >= 15 is 0 Å². The van der Waals surface area contributed by atoms with E-state index in [1.54, 1.807) is 12.1 Å². The van der Waals surface area contributed by atoms with Crippen molar-refractivity contribution in [3.8, 4) is 0 Å². The minimum absolute atomic E-state index is 0.200. The van der Waals surface area contributed by atoms with Crippen LogP contribution < -0.4 is 0 Å². The van der Waals surface area contributed by atoms with Gasteiger partial charge in [0.2, 0.25) is 0 Å². The van der Waals surface area contributed by atoms with Crippen molar-refractivity contribution in [2.75, 3.05) is 0 Å². The molecule has 1 fully saturated rings. The third-order valence-electron chi connectivity index (χ3n) is 2.94. The highest BCUT2D eigenvalue weighted by Gasteiger charge is 2.37. The molecule has 1 aromatic carbocycles. The summed E-state index contributed by atoms with van der Waals surface area (Å²) in [5, 5.41) is 9.36. The van der Waals surface area contributed by atoms with Crippen molar-refractivity contribution in [3.05, 3.63) is 29.3 Å². The molecule has 1 N–H and O–H groups in total. The molecule has 0 radical (unpaired) electrons. The molecular weight excluding hydrogens is 248 g/mol. The van der Waals surface area contributed by atoms with Crippen LogP contribution in [0.2, 0.25) is 5.02 Å². The molecule has 0 heterocycles. The van der Waals surface area contributed by atoms with E-state index in [1.807, 2.05) is 0 Å². The molecule has 2 atom stereocenters.